The number of nitrogens with zero attached hydrogens (tertiary/aromatic N) is 1. The average Bonchev–Trinajstić information content (AvgIpc) is 2.95. The zero-order valence-corrected chi connectivity index (χ0v) is 10.4. The second-order valence-corrected chi connectivity index (χ2v) is 4.95. The van der Waals surface area contributed by atoms with Gasteiger partial charge in [0.15, 0.2) is 0 Å². The number of rotatable bonds is 3. The lowest BCUT2D eigenvalue weighted by Gasteiger charge is -2.22. The second-order valence-electron chi connectivity index (χ2n) is 4.95. The van der Waals surface area contributed by atoms with E-state index in [1.807, 2.05) is 0 Å². The van der Waals surface area contributed by atoms with Gasteiger partial charge in [-0.25, -0.2) is 4.98 Å². The third-order valence-electron chi connectivity index (χ3n) is 3.56. The lowest BCUT2D eigenvalue weighted by Crippen LogP contribution is -2.30. The van der Waals surface area contributed by atoms with Crippen molar-refractivity contribution in [3.63, 3.8) is 0 Å². The maximum atomic E-state index is 5.29. The molecule has 1 unspecified atom stereocenters. The summed E-state index contributed by atoms with van der Waals surface area (Å²) in [7, 11) is 0. The minimum Gasteiger partial charge on any atom is -0.445 e. The van der Waals surface area contributed by atoms with Gasteiger partial charge >= 0.3 is 0 Å². The number of benzene rings is 1. The molecule has 3 nitrogen and oxygen atoms in total. The molecular formula is C15H18N2O. The van der Waals surface area contributed by atoms with E-state index in [1.165, 1.54) is 31.4 Å². The zero-order valence-electron chi connectivity index (χ0n) is 10.4. The fraction of sp³-hybridized carbons (Fsp3) is 0.400. The molecule has 2 aromatic rings. The molecule has 18 heavy (non-hydrogen) atoms. The molecule has 1 saturated heterocycles. The van der Waals surface area contributed by atoms with Crippen molar-refractivity contribution in [3.8, 4) is 11.5 Å². The van der Waals surface area contributed by atoms with Crippen molar-refractivity contribution in [3.05, 3.63) is 42.3 Å². The number of oxazole rings is 1. The molecule has 1 aromatic carbocycles. The van der Waals surface area contributed by atoms with E-state index in [1.54, 1.807) is 12.5 Å². The summed E-state index contributed by atoms with van der Waals surface area (Å²) in [5.74, 6) is 1.48. The molecule has 0 spiro atoms. The molecule has 1 aromatic heterocycles. The molecule has 1 aliphatic rings. The van der Waals surface area contributed by atoms with Gasteiger partial charge in [-0.3, -0.25) is 0 Å². The minimum absolute atomic E-state index is 0.695. The monoisotopic (exact) mass is 242 g/mol. The molecular weight excluding hydrogens is 224 g/mol. The van der Waals surface area contributed by atoms with Gasteiger partial charge in [0.1, 0.15) is 6.26 Å². The molecule has 3 heteroatoms. The molecule has 0 saturated carbocycles. The van der Waals surface area contributed by atoms with E-state index in [0.29, 0.717) is 5.89 Å². The Bertz CT molecular complexity index is 470. The van der Waals surface area contributed by atoms with Crippen molar-refractivity contribution >= 4 is 0 Å². The SMILES string of the molecule is c1coc(-c2ccc(CC3CCCNC3)cc2)n1. The molecule has 0 bridgehead atoms. The van der Waals surface area contributed by atoms with Crippen LogP contribution in [0.15, 0.2) is 41.1 Å². The largest absolute Gasteiger partial charge is 0.445 e. The van der Waals surface area contributed by atoms with Gasteiger partial charge in [-0.15, -0.1) is 0 Å². The standard InChI is InChI=1S/C15H18N2O/c1-2-13(11-16-7-1)10-12-3-5-14(6-4-12)15-17-8-9-18-15/h3-6,8-9,13,16H,1-2,7,10-11H2. The van der Waals surface area contributed by atoms with Crippen molar-refractivity contribution < 1.29 is 4.42 Å². The second kappa shape index (κ2) is 5.36. The van der Waals surface area contributed by atoms with Crippen molar-refractivity contribution in [2.24, 2.45) is 5.92 Å². The van der Waals surface area contributed by atoms with Crippen molar-refractivity contribution in [1.29, 1.82) is 0 Å². The van der Waals surface area contributed by atoms with Crippen molar-refractivity contribution in [1.82, 2.24) is 10.3 Å². The Morgan fingerprint density at radius 1 is 1.28 bits per heavy atom. The van der Waals surface area contributed by atoms with Crippen molar-refractivity contribution in [2.45, 2.75) is 19.3 Å². The lowest BCUT2D eigenvalue weighted by atomic mass is 9.92. The molecule has 0 amide bonds. The fourth-order valence-electron chi connectivity index (χ4n) is 2.58. The Kier molecular flexibility index (Phi) is 3.42. The van der Waals surface area contributed by atoms with Crippen LogP contribution in [0.2, 0.25) is 0 Å². The van der Waals surface area contributed by atoms with E-state index in [-0.39, 0.29) is 0 Å². The number of nitrogens with one attached hydrogen (secondary N) is 1. The number of hydrogen-bond donors (Lipinski definition) is 1. The zero-order chi connectivity index (χ0) is 12.2. The van der Waals surface area contributed by atoms with Crippen LogP contribution in [0.3, 0.4) is 0 Å². The van der Waals surface area contributed by atoms with Gasteiger partial charge in [-0.05, 0) is 56.0 Å². The summed E-state index contributed by atoms with van der Waals surface area (Å²) in [6.07, 6.45) is 7.10. The number of piperidine rings is 1. The molecule has 1 atom stereocenters. The van der Waals surface area contributed by atoms with E-state index >= 15 is 0 Å². The molecule has 3 rings (SSSR count). The molecule has 1 aliphatic heterocycles. The first-order chi connectivity index (χ1) is 8.92. The Hall–Kier alpha value is -1.61. The average molecular weight is 242 g/mol. The van der Waals surface area contributed by atoms with Gasteiger partial charge < -0.3 is 9.73 Å². The summed E-state index contributed by atoms with van der Waals surface area (Å²) < 4.78 is 5.29. The maximum absolute atomic E-state index is 5.29. The van der Waals surface area contributed by atoms with Gasteiger partial charge in [0.05, 0.1) is 6.20 Å². The minimum atomic E-state index is 0.695. The van der Waals surface area contributed by atoms with Gasteiger partial charge in [-0.2, -0.15) is 0 Å². The van der Waals surface area contributed by atoms with Crippen LogP contribution in [0.4, 0.5) is 0 Å². The van der Waals surface area contributed by atoms with E-state index in [2.05, 4.69) is 34.6 Å². The molecule has 0 radical (unpaired) electrons. The van der Waals surface area contributed by atoms with Crippen LogP contribution in [0.5, 0.6) is 0 Å². The van der Waals surface area contributed by atoms with E-state index in [0.717, 1.165) is 18.0 Å². The van der Waals surface area contributed by atoms with E-state index < -0.39 is 0 Å². The van der Waals surface area contributed by atoms with Crippen LogP contribution in [-0.4, -0.2) is 18.1 Å². The van der Waals surface area contributed by atoms with Crippen LogP contribution in [0.25, 0.3) is 11.5 Å². The van der Waals surface area contributed by atoms with Crippen LogP contribution in [0, 0.1) is 5.92 Å². The highest BCUT2D eigenvalue weighted by Gasteiger charge is 2.13. The summed E-state index contributed by atoms with van der Waals surface area (Å²) in [6, 6.07) is 8.57. The molecule has 1 N–H and O–H groups in total. The third-order valence-corrected chi connectivity index (χ3v) is 3.56. The smallest absolute Gasteiger partial charge is 0.225 e. The van der Waals surface area contributed by atoms with E-state index in [9.17, 15) is 0 Å². The van der Waals surface area contributed by atoms with Gasteiger partial charge in [0, 0.05) is 5.56 Å². The molecule has 2 heterocycles. The summed E-state index contributed by atoms with van der Waals surface area (Å²) in [5.41, 5.74) is 2.45. The molecule has 1 fully saturated rings. The summed E-state index contributed by atoms with van der Waals surface area (Å²) in [4.78, 5) is 4.16. The Labute approximate surface area is 107 Å². The van der Waals surface area contributed by atoms with Crippen LogP contribution >= 0.6 is 0 Å². The fourth-order valence-corrected chi connectivity index (χ4v) is 2.58. The Morgan fingerprint density at radius 3 is 2.83 bits per heavy atom. The first kappa shape index (κ1) is 11.5. The quantitative estimate of drug-likeness (QED) is 0.899. The number of hydrogen-bond acceptors (Lipinski definition) is 3. The summed E-state index contributed by atoms with van der Waals surface area (Å²) >= 11 is 0. The topological polar surface area (TPSA) is 38.1 Å². The number of aromatic nitrogens is 1. The van der Waals surface area contributed by atoms with E-state index in [4.69, 9.17) is 4.42 Å². The predicted octanol–water partition coefficient (Wildman–Crippen LogP) is 2.88. The third kappa shape index (κ3) is 2.62. The maximum Gasteiger partial charge on any atom is 0.225 e. The Balaban J connectivity index is 1.67. The first-order valence-corrected chi connectivity index (χ1v) is 6.61. The lowest BCUT2D eigenvalue weighted by molar-refractivity contribution is 0.376. The predicted molar refractivity (Wildman–Crippen MR) is 71.2 cm³/mol. The van der Waals surface area contributed by atoms with Crippen LogP contribution in [-0.2, 0) is 6.42 Å². The van der Waals surface area contributed by atoms with Gasteiger partial charge in [-0.1, -0.05) is 12.1 Å². The first-order valence-electron chi connectivity index (χ1n) is 6.61. The summed E-state index contributed by atoms with van der Waals surface area (Å²) in [6.45, 7) is 2.33. The molecule has 94 valence electrons. The highest BCUT2D eigenvalue weighted by Crippen LogP contribution is 2.20. The highest BCUT2D eigenvalue weighted by atomic mass is 16.3. The highest BCUT2D eigenvalue weighted by molar-refractivity contribution is 5.53. The van der Waals surface area contributed by atoms with Gasteiger partial charge in [0.25, 0.3) is 0 Å². The van der Waals surface area contributed by atoms with Crippen LogP contribution < -0.4 is 5.32 Å². The molecule has 0 aliphatic carbocycles. The van der Waals surface area contributed by atoms with Crippen molar-refractivity contribution in [2.75, 3.05) is 13.1 Å². The van der Waals surface area contributed by atoms with Gasteiger partial charge in [0.2, 0.25) is 5.89 Å². The normalized spacial score (nSPS) is 19.9. The van der Waals surface area contributed by atoms with Crippen LogP contribution in [0.1, 0.15) is 18.4 Å². The summed E-state index contributed by atoms with van der Waals surface area (Å²) in [5, 5.41) is 3.46. The Morgan fingerprint density at radius 2 is 2.17 bits per heavy atom.